The molecule has 12 heavy (non-hydrogen) atoms. The van der Waals surface area contributed by atoms with Gasteiger partial charge in [-0.1, -0.05) is 24.8 Å². The molecular formula is C11H19N. The molecule has 0 N–H and O–H groups in total. The topological polar surface area (TPSA) is 12.4 Å². The molecule has 1 aliphatic carbocycles. The van der Waals surface area contributed by atoms with E-state index in [4.69, 9.17) is 0 Å². The van der Waals surface area contributed by atoms with Crippen molar-refractivity contribution in [1.82, 2.24) is 0 Å². The quantitative estimate of drug-likeness (QED) is 0.556. The average Bonchev–Trinajstić information content (AvgIpc) is 2.05. The van der Waals surface area contributed by atoms with Gasteiger partial charge in [-0.2, -0.15) is 0 Å². The Labute approximate surface area is 75.6 Å². The molecule has 1 aliphatic rings. The van der Waals surface area contributed by atoms with Gasteiger partial charge in [-0.25, -0.2) is 0 Å². The van der Waals surface area contributed by atoms with E-state index < -0.39 is 0 Å². The van der Waals surface area contributed by atoms with Crippen molar-refractivity contribution in [2.45, 2.75) is 52.0 Å². The summed E-state index contributed by atoms with van der Waals surface area (Å²) in [6.07, 6.45) is 10.8. The molecule has 0 amide bonds. The summed E-state index contributed by atoms with van der Waals surface area (Å²) in [6, 6.07) is 0.620. The summed E-state index contributed by atoms with van der Waals surface area (Å²) >= 11 is 0. The monoisotopic (exact) mass is 165 g/mol. The highest BCUT2D eigenvalue weighted by Crippen LogP contribution is 2.19. The van der Waals surface area contributed by atoms with Gasteiger partial charge in [0.1, 0.15) is 0 Å². The van der Waals surface area contributed by atoms with E-state index in [0.29, 0.717) is 6.04 Å². The third kappa shape index (κ3) is 3.70. The maximum Gasteiger partial charge on any atom is 0.0499 e. The first-order chi connectivity index (χ1) is 5.79. The van der Waals surface area contributed by atoms with Gasteiger partial charge in [-0.15, -0.1) is 0 Å². The molecule has 0 aromatic rings. The maximum absolute atomic E-state index is 4.52. The zero-order valence-electron chi connectivity index (χ0n) is 8.21. The Morgan fingerprint density at radius 1 is 1.17 bits per heavy atom. The fraction of sp³-hybridized carbons (Fsp3) is 0.727. The van der Waals surface area contributed by atoms with E-state index in [1.54, 1.807) is 0 Å². The molecule has 0 saturated heterocycles. The van der Waals surface area contributed by atoms with E-state index in [-0.39, 0.29) is 0 Å². The fourth-order valence-electron chi connectivity index (χ4n) is 1.54. The van der Waals surface area contributed by atoms with Crippen LogP contribution in [-0.4, -0.2) is 12.3 Å². The zero-order valence-corrected chi connectivity index (χ0v) is 8.21. The van der Waals surface area contributed by atoms with Gasteiger partial charge in [0, 0.05) is 12.3 Å². The Bertz CT molecular complexity index is 169. The van der Waals surface area contributed by atoms with Gasteiger partial charge < -0.3 is 0 Å². The predicted molar refractivity (Wildman–Crippen MR) is 54.8 cm³/mol. The zero-order chi connectivity index (χ0) is 8.81. The lowest BCUT2D eigenvalue weighted by molar-refractivity contribution is 0.444. The van der Waals surface area contributed by atoms with E-state index in [0.717, 1.165) is 0 Å². The molecule has 0 aromatic carbocycles. The molecule has 68 valence electrons. The third-order valence-electron chi connectivity index (χ3n) is 2.28. The van der Waals surface area contributed by atoms with Crippen molar-refractivity contribution in [3.63, 3.8) is 0 Å². The standard InChI is InChI=1S/C11H19N/c1-10(2)8-9-12-11-6-4-3-5-7-11/h8-9,11H,3-7H2,1-2H3. The van der Waals surface area contributed by atoms with Crippen LogP contribution < -0.4 is 0 Å². The van der Waals surface area contributed by atoms with Gasteiger partial charge in [0.15, 0.2) is 0 Å². The van der Waals surface area contributed by atoms with Crippen LogP contribution in [0.5, 0.6) is 0 Å². The largest absolute Gasteiger partial charge is 0.290 e. The normalized spacial score (nSPS) is 19.8. The summed E-state index contributed by atoms with van der Waals surface area (Å²) in [5, 5.41) is 0. The third-order valence-corrected chi connectivity index (χ3v) is 2.28. The highest BCUT2D eigenvalue weighted by Gasteiger charge is 2.09. The second-order valence-corrected chi connectivity index (χ2v) is 3.83. The molecule has 0 aromatic heterocycles. The molecule has 0 aliphatic heterocycles. The highest BCUT2D eigenvalue weighted by atomic mass is 14.8. The van der Waals surface area contributed by atoms with Gasteiger partial charge in [-0.05, 0) is 32.8 Å². The molecule has 1 fully saturated rings. The number of hydrogen-bond acceptors (Lipinski definition) is 1. The lowest BCUT2D eigenvalue weighted by Crippen LogP contribution is -2.09. The summed E-state index contributed by atoms with van der Waals surface area (Å²) < 4.78 is 0. The van der Waals surface area contributed by atoms with Crippen molar-refractivity contribution in [3.05, 3.63) is 11.6 Å². The molecule has 0 bridgehead atoms. The van der Waals surface area contributed by atoms with Crippen LogP contribution in [0.3, 0.4) is 0 Å². The first-order valence-corrected chi connectivity index (χ1v) is 4.95. The van der Waals surface area contributed by atoms with Gasteiger partial charge in [0.2, 0.25) is 0 Å². The van der Waals surface area contributed by atoms with Crippen molar-refractivity contribution in [2.75, 3.05) is 0 Å². The minimum absolute atomic E-state index is 0.620. The Kier molecular flexibility index (Phi) is 4.06. The molecule has 1 heteroatoms. The summed E-state index contributed by atoms with van der Waals surface area (Å²) in [5.41, 5.74) is 1.33. The minimum atomic E-state index is 0.620. The summed E-state index contributed by atoms with van der Waals surface area (Å²) in [7, 11) is 0. The average molecular weight is 165 g/mol. The highest BCUT2D eigenvalue weighted by molar-refractivity contribution is 5.72. The second kappa shape index (κ2) is 5.13. The van der Waals surface area contributed by atoms with Crippen LogP contribution in [0.4, 0.5) is 0 Å². The maximum atomic E-state index is 4.52. The Morgan fingerprint density at radius 3 is 2.42 bits per heavy atom. The summed E-state index contributed by atoms with van der Waals surface area (Å²) in [4.78, 5) is 4.52. The van der Waals surface area contributed by atoms with Crippen LogP contribution in [0.2, 0.25) is 0 Å². The van der Waals surface area contributed by atoms with Gasteiger partial charge in [0.05, 0.1) is 0 Å². The predicted octanol–water partition coefficient (Wildman–Crippen LogP) is 3.36. The Balaban J connectivity index is 2.29. The minimum Gasteiger partial charge on any atom is -0.290 e. The van der Waals surface area contributed by atoms with Crippen molar-refractivity contribution >= 4 is 6.21 Å². The molecule has 1 rings (SSSR count). The molecule has 0 heterocycles. The number of rotatable bonds is 2. The molecular weight excluding hydrogens is 146 g/mol. The number of nitrogens with zero attached hydrogens (tertiary/aromatic N) is 1. The molecule has 0 spiro atoms. The lowest BCUT2D eigenvalue weighted by atomic mass is 9.96. The van der Waals surface area contributed by atoms with Gasteiger partial charge in [-0.3, -0.25) is 4.99 Å². The Hall–Kier alpha value is -0.590. The van der Waals surface area contributed by atoms with Crippen LogP contribution in [0.15, 0.2) is 16.6 Å². The SMILES string of the molecule is CC(C)=CC=NC1CCCCC1. The number of aliphatic imine (C=N–C) groups is 1. The molecule has 0 unspecified atom stereocenters. The van der Waals surface area contributed by atoms with E-state index in [1.165, 1.54) is 37.7 Å². The first kappa shape index (κ1) is 9.50. The van der Waals surface area contributed by atoms with Crippen molar-refractivity contribution in [3.8, 4) is 0 Å². The molecule has 1 saturated carbocycles. The molecule has 1 nitrogen and oxygen atoms in total. The van der Waals surface area contributed by atoms with Crippen LogP contribution in [0.25, 0.3) is 0 Å². The molecule has 0 atom stereocenters. The van der Waals surface area contributed by atoms with E-state index >= 15 is 0 Å². The fourth-order valence-corrected chi connectivity index (χ4v) is 1.54. The van der Waals surface area contributed by atoms with Crippen LogP contribution in [0, 0.1) is 0 Å². The van der Waals surface area contributed by atoms with Crippen molar-refractivity contribution < 1.29 is 0 Å². The van der Waals surface area contributed by atoms with Gasteiger partial charge in [0.25, 0.3) is 0 Å². The summed E-state index contributed by atoms with van der Waals surface area (Å²) in [6.45, 7) is 4.21. The Morgan fingerprint density at radius 2 is 1.83 bits per heavy atom. The van der Waals surface area contributed by atoms with Crippen molar-refractivity contribution in [1.29, 1.82) is 0 Å². The van der Waals surface area contributed by atoms with E-state index in [9.17, 15) is 0 Å². The van der Waals surface area contributed by atoms with Crippen LogP contribution in [0.1, 0.15) is 46.0 Å². The van der Waals surface area contributed by atoms with Gasteiger partial charge >= 0.3 is 0 Å². The first-order valence-electron chi connectivity index (χ1n) is 4.95. The van der Waals surface area contributed by atoms with E-state index in [2.05, 4.69) is 24.9 Å². The number of allylic oxidation sites excluding steroid dienone is 2. The van der Waals surface area contributed by atoms with Crippen molar-refractivity contribution in [2.24, 2.45) is 4.99 Å². The second-order valence-electron chi connectivity index (χ2n) is 3.83. The van der Waals surface area contributed by atoms with E-state index in [1.807, 2.05) is 6.21 Å². The lowest BCUT2D eigenvalue weighted by Gasteiger charge is -2.16. The number of hydrogen-bond donors (Lipinski definition) is 0. The smallest absolute Gasteiger partial charge is 0.0499 e. The van der Waals surface area contributed by atoms with Crippen LogP contribution >= 0.6 is 0 Å². The summed E-state index contributed by atoms with van der Waals surface area (Å²) in [5.74, 6) is 0. The molecule has 0 radical (unpaired) electrons. The van der Waals surface area contributed by atoms with Crippen LogP contribution in [-0.2, 0) is 0 Å².